The van der Waals surface area contributed by atoms with Crippen molar-refractivity contribution in [2.24, 2.45) is 5.73 Å². The highest BCUT2D eigenvalue weighted by Crippen LogP contribution is 2.48. The molecule has 1 heterocycles. The maximum absolute atomic E-state index is 13.2. The second-order valence-electron chi connectivity index (χ2n) is 9.05. The number of nitrogens with two attached hydrogens (primary N) is 1. The van der Waals surface area contributed by atoms with Crippen molar-refractivity contribution in [2.45, 2.75) is 50.1 Å². The van der Waals surface area contributed by atoms with Crippen LogP contribution in [0.3, 0.4) is 0 Å². The molecule has 3 rings (SSSR count). The smallest absolute Gasteiger partial charge is 0.321 e. The van der Waals surface area contributed by atoms with Crippen molar-refractivity contribution in [1.82, 2.24) is 20.0 Å². The van der Waals surface area contributed by atoms with Gasteiger partial charge in [-0.3, -0.25) is 14.5 Å². The maximum Gasteiger partial charge on any atom is 0.321 e. The average molecular weight is 430 g/mol. The van der Waals surface area contributed by atoms with Crippen LogP contribution >= 0.6 is 0 Å². The Balaban J connectivity index is 1.78. The van der Waals surface area contributed by atoms with E-state index in [4.69, 9.17) is 5.73 Å². The predicted molar refractivity (Wildman–Crippen MR) is 119 cm³/mol. The Morgan fingerprint density at radius 3 is 2.32 bits per heavy atom. The quantitative estimate of drug-likeness (QED) is 0.654. The van der Waals surface area contributed by atoms with Gasteiger partial charge in [-0.2, -0.15) is 0 Å². The van der Waals surface area contributed by atoms with Gasteiger partial charge in [0.2, 0.25) is 11.8 Å². The molecule has 0 atom stereocenters. The lowest BCUT2D eigenvalue weighted by molar-refractivity contribution is -0.125. The molecule has 8 heteroatoms. The van der Waals surface area contributed by atoms with Crippen LogP contribution in [0.5, 0.6) is 0 Å². The van der Waals surface area contributed by atoms with E-state index in [2.05, 4.69) is 55.5 Å². The molecule has 4 amide bonds. The minimum absolute atomic E-state index is 0.0500. The second-order valence-corrected chi connectivity index (χ2v) is 9.05. The van der Waals surface area contributed by atoms with Gasteiger partial charge in [0.05, 0.1) is 12.1 Å². The van der Waals surface area contributed by atoms with Crippen LogP contribution in [0.2, 0.25) is 0 Å². The van der Waals surface area contributed by atoms with Gasteiger partial charge in [0, 0.05) is 18.6 Å². The van der Waals surface area contributed by atoms with Crippen molar-refractivity contribution in [3.8, 4) is 0 Å². The summed E-state index contributed by atoms with van der Waals surface area (Å²) in [6, 6.07) is 10.5. The van der Waals surface area contributed by atoms with Crippen LogP contribution in [0.4, 0.5) is 4.79 Å². The van der Waals surface area contributed by atoms with Gasteiger partial charge in [-0.25, -0.2) is 4.79 Å². The van der Waals surface area contributed by atoms with Gasteiger partial charge >= 0.3 is 6.03 Å². The Bertz CT molecular complexity index is 803. The molecule has 2 aliphatic rings. The zero-order valence-corrected chi connectivity index (χ0v) is 18.9. The standard InChI is InChI=1S/C23H35N5O3/c1-4-14-28-21(31)27(16-20(30)25-15-19(24)29)17-22(28)10-12-23(13-11-22,26(2)3)18-8-6-5-7-9-18/h5-9H,4,10-17H2,1-3H3,(H2,24,29)(H,25,30). The van der Waals surface area contributed by atoms with E-state index in [1.807, 2.05) is 11.0 Å². The molecule has 31 heavy (non-hydrogen) atoms. The summed E-state index contributed by atoms with van der Waals surface area (Å²) in [4.78, 5) is 42.3. The Morgan fingerprint density at radius 2 is 1.77 bits per heavy atom. The summed E-state index contributed by atoms with van der Waals surface area (Å²) in [5.41, 5.74) is 6.10. The topological polar surface area (TPSA) is 99.0 Å². The highest BCUT2D eigenvalue weighted by molar-refractivity contribution is 5.88. The van der Waals surface area contributed by atoms with Crippen molar-refractivity contribution in [1.29, 1.82) is 0 Å². The van der Waals surface area contributed by atoms with Gasteiger partial charge in [-0.15, -0.1) is 0 Å². The lowest BCUT2D eigenvalue weighted by Crippen LogP contribution is -2.55. The summed E-state index contributed by atoms with van der Waals surface area (Å²) in [7, 11) is 4.26. The van der Waals surface area contributed by atoms with Crippen molar-refractivity contribution >= 4 is 17.8 Å². The summed E-state index contributed by atoms with van der Waals surface area (Å²) < 4.78 is 0. The van der Waals surface area contributed by atoms with Crippen molar-refractivity contribution in [3.05, 3.63) is 35.9 Å². The van der Waals surface area contributed by atoms with E-state index in [0.717, 1.165) is 32.1 Å². The molecule has 170 valence electrons. The first-order valence-corrected chi connectivity index (χ1v) is 11.1. The van der Waals surface area contributed by atoms with Gasteiger partial charge in [0.25, 0.3) is 0 Å². The molecule has 1 aliphatic heterocycles. The normalized spacial score (nSPS) is 26.0. The molecule has 1 aromatic rings. The third-order valence-corrected chi connectivity index (χ3v) is 6.98. The van der Waals surface area contributed by atoms with Gasteiger partial charge in [-0.1, -0.05) is 37.3 Å². The predicted octanol–water partition coefficient (Wildman–Crippen LogP) is 1.51. The molecule has 1 aromatic carbocycles. The maximum atomic E-state index is 13.2. The van der Waals surface area contributed by atoms with E-state index < -0.39 is 5.91 Å². The first-order chi connectivity index (χ1) is 14.7. The van der Waals surface area contributed by atoms with Crippen LogP contribution < -0.4 is 11.1 Å². The van der Waals surface area contributed by atoms with E-state index in [0.29, 0.717) is 13.1 Å². The summed E-state index contributed by atoms with van der Waals surface area (Å²) >= 11 is 0. The number of urea groups is 1. The third-order valence-electron chi connectivity index (χ3n) is 6.98. The molecule has 0 aromatic heterocycles. The van der Waals surface area contributed by atoms with Crippen molar-refractivity contribution in [2.75, 3.05) is 40.3 Å². The zero-order chi connectivity index (χ0) is 22.6. The molecule has 2 fully saturated rings. The Morgan fingerprint density at radius 1 is 1.13 bits per heavy atom. The van der Waals surface area contributed by atoms with Crippen LogP contribution in [-0.4, -0.2) is 78.4 Å². The summed E-state index contributed by atoms with van der Waals surface area (Å²) in [6.45, 7) is 3.02. The van der Waals surface area contributed by atoms with Crippen molar-refractivity contribution in [3.63, 3.8) is 0 Å². The molecule has 0 unspecified atom stereocenters. The largest absolute Gasteiger partial charge is 0.368 e. The molecule has 1 aliphatic carbocycles. The lowest BCUT2D eigenvalue weighted by Gasteiger charge is -2.51. The number of amides is 4. The van der Waals surface area contributed by atoms with E-state index in [1.54, 1.807) is 4.90 Å². The number of hydrogen-bond acceptors (Lipinski definition) is 4. The van der Waals surface area contributed by atoms with E-state index >= 15 is 0 Å². The number of nitrogens with one attached hydrogen (secondary N) is 1. The summed E-state index contributed by atoms with van der Waals surface area (Å²) in [5, 5.41) is 2.48. The number of nitrogens with zero attached hydrogens (tertiary/aromatic N) is 3. The minimum Gasteiger partial charge on any atom is -0.368 e. The molecular formula is C23H35N5O3. The third kappa shape index (κ3) is 4.54. The molecule has 3 N–H and O–H groups in total. The monoisotopic (exact) mass is 429 g/mol. The summed E-state index contributed by atoms with van der Waals surface area (Å²) in [6.07, 6.45) is 4.52. The number of carbonyl (C=O) groups excluding carboxylic acids is 3. The summed E-state index contributed by atoms with van der Waals surface area (Å²) in [5.74, 6) is -0.957. The van der Waals surface area contributed by atoms with Crippen LogP contribution in [0.25, 0.3) is 0 Å². The lowest BCUT2D eigenvalue weighted by atomic mass is 9.68. The van der Waals surface area contributed by atoms with Gasteiger partial charge in [-0.05, 0) is 51.8 Å². The fraction of sp³-hybridized carbons (Fsp3) is 0.609. The average Bonchev–Trinajstić information content (AvgIpc) is 2.99. The minimum atomic E-state index is -0.599. The molecule has 1 saturated heterocycles. The number of rotatable bonds is 8. The number of hydrogen-bond donors (Lipinski definition) is 2. The van der Waals surface area contributed by atoms with Crippen LogP contribution in [-0.2, 0) is 15.1 Å². The Kier molecular flexibility index (Phi) is 6.89. The van der Waals surface area contributed by atoms with Gasteiger partial charge < -0.3 is 20.9 Å². The number of benzene rings is 1. The van der Waals surface area contributed by atoms with Crippen LogP contribution in [0, 0.1) is 0 Å². The van der Waals surface area contributed by atoms with Crippen LogP contribution in [0.1, 0.15) is 44.6 Å². The first kappa shape index (κ1) is 23.1. The number of carbonyl (C=O) groups is 3. The molecule has 0 radical (unpaired) electrons. The van der Waals surface area contributed by atoms with Gasteiger partial charge in [0.15, 0.2) is 0 Å². The van der Waals surface area contributed by atoms with Crippen molar-refractivity contribution < 1.29 is 14.4 Å². The van der Waals surface area contributed by atoms with Crippen LogP contribution in [0.15, 0.2) is 30.3 Å². The number of primary amides is 1. The molecule has 1 spiro atoms. The Hall–Kier alpha value is -2.61. The zero-order valence-electron chi connectivity index (χ0n) is 18.9. The fourth-order valence-electron chi connectivity index (χ4n) is 5.28. The van der Waals surface area contributed by atoms with E-state index in [-0.39, 0.29) is 36.1 Å². The molecule has 1 saturated carbocycles. The fourth-order valence-corrected chi connectivity index (χ4v) is 5.28. The molecule has 8 nitrogen and oxygen atoms in total. The highest BCUT2D eigenvalue weighted by atomic mass is 16.2. The second kappa shape index (κ2) is 9.26. The highest BCUT2D eigenvalue weighted by Gasteiger charge is 2.54. The molecular weight excluding hydrogens is 394 g/mol. The van der Waals surface area contributed by atoms with E-state index in [9.17, 15) is 14.4 Å². The molecule has 0 bridgehead atoms. The van der Waals surface area contributed by atoms with Gasteiger partial charge in [0.1, 0.15) is 6.54 Å². The SMILES string of the molecule is CCCN1C(=O)N(CC(=O)NCC(N)=O)CC12CCC(c1ccccc1)(N(C)C)CC2. The first-order valence-electron chi connectivity index (χ1n) is 11.1. The van der Waals surface area contributed by atoms with E-state index in [1.165, 1.54) is 5.56 Å². The Labute approximate surface area is 184 Å².